The fourth-order valence-electron chi connectivity index (χ4n) is 4.53. The molecule has 31 heavy (non-hydrogen) atoms. The van der Waals surface area contributed by atoms with Gasteiger partial charge in [-0.1, -0.05) is 30.3 Å². The first-order chi connectivity index (χ1) is 14.9. The number of nitrogens with zero attached hydrogens (tertiary/aromatic N) is 3. The van der Waals surface area contributed by atoms with Crippen molar-refractivity contribution in [3.05, 3.63) is 65.7 Å². The Morgan fingerprint density at radius 2 is 1.58 bits per heavy atom. The van der Waals surface area contributed by atoms with Crippen LogP contribution in [-0.2, 0) is 9.59 Å². The zero-order chi connectivity index (χ0) is 22.0. The van der Waals surface area contributed by atoms with Crippen LogP contribution < -0.4 is 4.90 Å². The highest BCUT2D eigenvalue weighted by Gasteiger charge is 2.39. The molecular formula is C25H29N3O3. The molecule has 6 nitrogen and oxygen atoms in total. The van der Waals surface area contributed by atoms with Crippen LogP contribution in [0.25, 0.3) is 0 Å². The summed E-state index contributed by atoms with van der Waals surface area (Å²) < 4.78 is 0. The number of amides is 2. The zero-order valence-corrected chi connectivity index (χ0v) is 18.2. The van der Waals surface area contributed by atoms with Crippen molar-refractivity contribution >= 4 is 23.3 Å². The lowest BCUT2D eigenvalue weighted by Gasteiger charge is -2.37. The molecule has 2 amide bonds. The summed E-state index contributed by atoms with van der Waals surface area (Å²) in [6.45, 7) is 6.86. The Bertz CT molecular complexity index is 950. The molecule has 0 aromatic heterocycles. The Hall–Kier alpha value is -3.15. The highest BCUT2D eigenvalue weighted by atomic mass is 16.2. The van der Waals surface area contributed by atoms with Crippen LogP contribution in [0.5, 0.6) is 0 Å². The van der Waals surface area contributed by atoms with Crippen LogP contribution in [0.1, 0.15) is 42.2 Å². The molecule has 6 heteroatoms. The molecule has 0 spiro atoms. The first-order valence-corrected chi connectivity index (χ1v) is 10.9. The van der Waals surface area contributed by atoms with Crippen molar-refractivity contribution in [1.82, 2.24) is 9.80 Å². The molecule has 2 saturated heterocycles. The molecule has 0 saturated carbocycles. The lowest BCUT2D eigenvalue weighted by molar-refractivity contribution is -0.136. The first kappa shape index (κ1) is 21.1. The Morgan fingerprint density at radius 3 is 2.19 bits per heavy atom. The van der Waals surface area contributed by atoms with E-state index < -0.39 is 0 Å². The largest absolute Gasteiger partial charge is 0.368 e. The number of hydrogen-bond acceptors (Lipinski definition) is 4. The van der Waals surface area contributed by atoms with Gasteiger partial charge in [-0.3, -0.25) is 14.4 Å². The van der Waals surface area contributed by atoms with E-state index in [-0.39, 0.29) is 29.6 Å². The molecule has 162 valence electrons. The molecule has 2 aliphatic rings. The molecule has 2 aliphatic heterocycles. The predicted molar refractivity (Wildman–Crippen MR) is 120 cm³/mol. The fraction of sp³-hybridized carbons (Fsp3) is 0.400. The van der Waals surface area contributed by atoms with Gasteiger partial charge >= 0.3 is 0 Å². The number of likely N-dealkylation sites (tertiary alicyclic amines) is 1. The van der Waals surface area contributed by atoms with E-state index >= 15 is 0 Å². The number of benzene rings is 2. The molecule has 2 atom stereocenters. The minimum absolute atomic E-state index is 0.0266. The minimum Gasteiger partial charge on any atom is -0.368 e. The number of carbonyl (C=O) groups is 3. The molecule has 0 N–H and O–H groups in total. The van der Waals surface area contributed by atoms with Gasteiger partial charge in [0.15, 0.2) is 5.78 Å². The average Bonchev–Trinajstić information content (AvgIpc) is 3.20. The minimum atomic E-state index is -0.264. The van der Waals surface area contributed by atoms with Gasteiger partial charge < -0.3 is 14.7 Å². The molecule has 0 bridgehead atoms. The second-order valence-electron chi connectivity index (χ2n) is 8.45. The number of carbonyl (C=O) groups excluding carboxylic acids is 3. The molecule has 2 heterocycles. The predicted octanol–water partition coefficient (Wildman–Crippen LogP) is 3.15. The average molecular weight is 420 g/mol. The number of rotatable bonds is 5. The highest BCUT2D eigenvalue weighted by Crippen LogP contribution is 2.30. The first-order valence-electron chi connectivity index (χ1n) is 10.9. The Balaban J connectivity index is 1.33. The van der Waals surface area contributed by atoms with Crippen molar-refractivity contribution in [3.8, 4) is 0 Å². The molecule has 0 radical (unpaired) electrons. The summed E-state index contributed by atoms with van der Waals surface area (Å²) in [6.07, 6.45) is 0.294. The van der Waals surface area contributed by atoms with Crippen LogP contribution >= 0.6 is 0 Å². The van der Waals surface area contributed by atoms with Crippen LogP contribution in [0.15, 0.2) is 54.6 Å². The van der Waals surface area contributed by atoms with E-state index in [4.69, 9.17) is 0 Å². The molecule has 2 fully saturated rings. The maximum Gasteiger partial charge on any atom is 0.228 e. The van der Waals surface area contributed by atoms with Gasteiger partial charge in [0, 0.05) is 50.4 Å². The number of Topliss-reactive ketones (excluding diaryl/α,β-unsaturated/α-hetero) is 1. The van der Waals surface area contributed by atoms with E-state index in [1.165, 1.54) is 0 Å². The second-order valence-corrected chi connectivity index (χ2v) is 8.45. The third kappa shape index (κ3) is 4.48. The molecule has 0 unspecified atom stereocenters. The van der Waals surface area contributed by atoms with Crippen LogP contribution in [0, 0.1) is 5.92 Å². The molecule has 2 aromatic rings. The summed E-state index contributed by atoms with van der Waals surface area (Å²) >= 11 is 0. The number of ketones is 1. The van der Waals surface area contributed by atoms with Crippen LogP contribution in [0.3, 0.4) is 0 Å². The fourth-order valence-corrected chi connectivity index (χ4v) is 4.53. The third-order valence-electron chi connectivity index (χ3n) is 6.49. The van der Waals surface area contributed by atoms with Gasteiger partial charge in [-0.15, -0.1) is 0 Å². The van der Waals surface area contributed by atoms with E-state index in [9.17, 15) is 14.4 Å². The summed E-state index contributed by atoms with van der Waals surface area (Å²) in [5, 5.41) is 0. The van der Waals surface area contributed by atoms with Gasteiger partial charge in [0.2, 0.25) is 11.8 Å². The van der Waals surface area contributed by atoms with E-state index in [0.717, 1.165) is 24.3 Å². The van der Waals surface area contributed by atoms with E-state index in [1.54, 1.807) is 6.92 Å². The lowest BCUT2D eigenvalue weighted by Crippen LogP contribution is -2.50. The SMILES string of the molecule is CC(=O)c1ccc(N2CCN(C(=O)[C@H]3CC(=O)N([C@H](C)c4ccccc4)C3)CC2)cc1. The summed E-state index contributed by atoms with van der Waals surface area (Å²) in [7, 11) is 0. The van der Waals surface area contributed by atoms with Crippen molar-refractivity contribution in [2.75, 3.05) is 37.6 Å². The zero-order valence-electron chi connectivity index (χ0n) is 18.2. The van der Waals surface area contributed by atoms with Gasteiger partial charge in [-0.05, 0) is 43.7 Å². The Labute approximate surface area is 183 Å². The quantitative estimate of drug-likeness (QED) is 0.699. The van der Waals surface area contributed by atoms with Crippen molar-refractivity contribution in [3.63, 3.8) is 0 Å². The van der Waals surface area contributed by atoms with Crippen molar-refractivity contribution in [2.45, 2.75) is 26.3 Å². The highest BCUT2D eigenvalue weighted by molar-refractivity contribution is 5.94. The monoisotopic (exact) mass is 419 g/mol. The van der Waals surface area contributed by atoms with Crippen molar-refractivity contribution < 1.29 is 14.4 Å². The van der Waals surface area contributed by atoms with Gasteiger partial charge in [0.05, 0.1) is 12.0 Å². The van der Waals surface area contributed by atoms with Gasteiger partial charge in [-0.25, -0.2) is 0 Å². The normalized spacial score (nSPS) is 20.1. The van der Waals surface area contributed by atoms with E-state index in [1.807, 2.05) is 71.3 Å². The molecule has 4 rings (SSSR count). The second kappa shape index (κ2) is 8.92. The smallest absolute Gasteiger partial charge is 0.228 e. The third-order valence-corrected chi connectivity index (χ3v) is 6.49. The maximum atomic E-state index is 13.1. The Morgan fingerprint density at radius 1 is 0.935 bits per heavy atom. The summed E-state index contributed by atoms with van der Waals surface area (Å²) in [5.41, 5.74) is 2.86. The standard InChI is InChI=1S/C25H29N3O3/c1-18(20-6-4-3-5-7-20)28-17-22(16-24(28)30)25(31)27-14-12-26(13-15-27)23-10-8-21(9-11-23)19(2)29/h3-11,18,22H,12-17H2,1-2H3/t18-,22+/m1/s1. The molecular weight excluding hydrogens is 390 g/mol. The summed E-state index contributed by atoms with van der Waals surface area (Å²) in [6, 6.07) is 17.6. The Kier molecular flexibility index (Phi) is 6.07. The van der Waals surface area contributed by atoms with Crippen molar-refractivity contribution in [1.29, 1.82) is 0 Å². The van der Waals surface area contributed by atoms with Gasteiger partial charge in [-0.2, -0.15) is 0 Å². The van der Waals surface area contributed by atoms with Crippen LogP contribution in [-0.4, -0.2) is 60.1 Å². The van der Waals surface area contributed by atoms with E-state index in [2.05, 4.69) is 4.90 Å². The topological polar surface area (TPSA) is 60.9 Å². The number of piperazine rings is 1. The summed E-state index contributed by atoms with van der Waals surface area (Å²) in [4.78, 5) is 43.2. The lowest BCUT2D eigenvalue weighted by atomic mass is 10.1. The number of hydrogen-bond donors (Lipinski definition) is 0. The van der Waals surface area contributed by atoms with Gasteiger partial charge in [0.1, 0.15) is 0 Å². The van der Waals surface area contributed by atoms with Crippen LogP contribution in [0.2, 0.25) is 0 Å². The summed E-state index contributed by atoms with van der Waals surface area (Å²) in [5.74, 6) is -0.0645. The molecule has 0 aliphatic carbocycles. The van der Waals surface area contributed by atoms with Crippen LogP contribution in [0.4, 0.5) is 5.69 Å². The molecule has 2 aromatic carbocycles. The van der Waals surface area contributed by atoms with Crippen molar-refractivity contribution in [2.24, 2.45) is 5.92 Å². The van der Waals surface area contributed by atoms with Gasteiger partial charge in [0.25, 0.3) is 0 Å². The maximum absolute atomic E-state index is 13.1. The number of anilines is 1. The van der Waals surface area contributed by atoms with E-state index in [0.29, 0.717) is 31.6 Å².